The lowest BCUT2D eigenvalue weighted by molar-refractivity contribution is 0.345. The second kappa shape index (κ2) is 16.6. The zero-order valence-electron chi connectivity index (χ0n) is 23.6. The van der Waals surface area contributed by atoms with Gasteiger partial charge in [0.2, 0.25) is 4.38 Å². The van der Waals surface area contributed by atoms with Gasteiger partial charge in [-0.3, -0.25) is 4.57 Å². The van der Waals surface area contributed by atoms with Gasteiger partial charge in [-0.15, -0.1) is 0 Å². The molecule has 1 atom stereocenters. The first kappa shape index (κ1) is 32.7. The molecule has 0 bridgehead atoms. The lowest BCUT2D eigenvalue weighted by Gasteiger charge is -2.36. The minimum atomic E-state index is -3.13. The number of hydrogen-bond acceptors (Lipinski definition) is 6. The summed E-state index contributed by atoms with van der Waals surface area (Å²) < 4.78 is 17.0. The maximum Gasteiger partial charge on any atom is 0.314 e. The first-order valence-electron chi connectivity index (χ1n) is 13.7. The minimum Gasteiger partial charge on any atom is -0.479 e. The molecular formula is C31H38N3O4PS2. The van der Waals surface area contributed by atoms with Crippen LogP contribution < -0.4 is 0 Å². The highest BCUT2D eigenvalue weighted by atomic mass is 32.2. The molecule has 0 saturated carbocycles. The molecule has 0 radical (unpaired) electrons. The summed E-state index contributed by atoms with van der Waals surface area (Å²) in [5.41, 5.74) is 2.69. The fraction of sp³-hybridized carbons (Fsp3) is 0.323. The summed E-state index contributed by atoms with van der Waals surface area (Å²) in [5.74, 6) is 1.35. The average molecular weight is 612 g/mol. The van der Waals surface area contributed by atoms with Crippen molar-refractivity contribution in [3.05, 3.63) is 120 Å². The van der Waals surface area contributed by atoms with Gasteiger partial charge in [0.15, 0.2) is 5.82 Å². The van der Waals surface area contributed by atoms with Crippen LogP contribution in [0.2, 0.25) is 0 Å². The number of thiocarbonyl (C=S) groups is 1. The maximum atomic E-state index is 8.74. The highest BCUT2D eigenvalue weighted by Crippen LogP contribution is 2.42. The van der Waals surface area contributed by atoms with Crippen LogP contribution in [0.15, 0.2) is 97.3 Å². The van der Waals surface area contributed by atoms with E-state index in [1.807, 2.05) is 36.1 Å². The SMILES string of the molecule is CCOC(=S)SC(CC(CC)CC)c1ncn(C(c2ccccc2)(c2ccccc2)c2ccccc2)n1.O=[PH](O)O. The largest absolute Gasteiger partial charge is 0.479 e. The van der Waals surface area contributed by atoms with Crippen LogP contribution in [0.4, 0.5) is 0 Å². The predicted molar refractivity (Wildman–Crippen MR) is 171 cm³/mol. The van der Waals surface area contributed by atoms with Gasteiger partial charge in [-0.2, -0.15) is 5.10 Å². The molecule has 1 heterocycles. The van der Waals surface area contributed by atoms with E-state index in [2.05, 4.69) is 86.6 Å². The molecule has 0 saturated heterocycles. The van der Waals surface area contributed by atoms with Gasteiger partial charge >= 0.3 is 8.25 Å². The molecule has 0 aliphatic rings. The molecule has 4 aromatic rings. The summed E-state index contributed by atoms with van der Waals surface area (Å²) in [6.07, 6.45) is 5.05. The number of hydrogen-bond donors (Lipinski definition) is 2. The Kier molecular flexibility index (Phi) is 13.2. The van der Waals surface area contributed by atoms with Gasteiger partial charge in [-0.25, -0.2) is 9.67 Å². The lowest BCUT2D eigenvalue weighted by Crippen LogP contribution is -2.38. The Morgan fingerprint density at radius 3 is 1.73 bits per heavy atom. The number of ether oxygens (including phenoxy) is 1. The van der Waals surface area contributed by atoms with Crippen LogP contribution in [0, 0.1) is 5.92 Å². The predicted octanol–water partition coefficient (Wildman–Crippen LogP) is 7.40. The molecule has 3 aromatic carbocycles. The fourth-order valence-electron chi connectivity index (χ4n) is 4.92. The van der Waals surface area contributed by atoms with E-state index in [-0.39, 0.29) is 5.25 Å². The highest BCUT2D eigenvalue weighted by molar-refractivity contribution is 8.22. The molecule has 0 spiro atoms. The van der Waals surface area contributed by atoms with Gasteiger partial charge in [-0.1, -0.05) is 129 Å². The summed E-state index contributed by atoms with van der Waals surface area (Å²) in [6.45, 7) is 7.01. The molecule has 10 heteroatoms. The van der Waals surface area contributed by atoms with Crippen LogP contribution in [0.3, 0.4) is 0 Å². The van der Waals surface area contributed by atoms with Crippen molar-refractivity contribution < 1.29 is 19.1 Å². The number of benzene rings is 3. The number of rotatable bonds is 11. The topological polar surface area (TPSA) is 97.5 Å². The molecule has 7 nitrogen and oxygen atoms in total. The molecule has 2 N–H and O–H groups in total. The molecule has 4 rings (SSSR count). The molecule has 1 unspecified atom stereocenters. The normalized spacial score (nSPS) is 12.1. The Morgan fingerprint density at radius 2 is 1.34 bits per heavy atom. The van der Waals surface area contributed by atoms with Crippen LogP contribution in [0.25, 0.3) is 0 Å². The third kappa shape index (κ3) is 8.60. The van der Waals surface area contributed by atoms with Gasteiger partial charge in [0.25, 0.3) is 0 Å². The van der Waals surface area contributed by atoms with Gasteiger partial charge in [0.05, 0.1) is 11.9 Å². The quantitative estimate of drug-likeness (QED) is 0.103. The first-order chi connectivity index (χ1) is 19.9. The van der Waals surface area contributed by atoms with E-state index in [1.165, 1.54) is 0 Å². The number of nitrogens with zero attached hydrogens (tertiary/aromatic N) is 3. The van der Waals surface area contributed by atoms with Crippen LogP contribution in [0.5, 0.6) is 0 Å². The van der Waals surface area contributed by atoms with E-state index in [0.29, 0.717) is 16.9 Å². The smallest absolute Gasteiger partial charge is 0.314 e. The molecule has 0 fully saturated rings. The Bertz CT molecular complexity index is 1250. The average Bonchev–Trinajstić information content (AvgIpc) is 3.48. The van der Waals surface area contributed by atoms with Crippen LogP contribution in [-0.4, -0.2) is 35.5 Å². The van der Waals surface area contributed by atoms with E-state index in [1.54, 1.807) is 11.8 Å². The van der Waals surface area contributed by atoms with Crippen molar-refractivity contribution in [3.63, 3.8) is 0 Å². The summed E-state index contributed by atoms with van der Waals surface area (Å²) in [5, 5.41) is 5.24. The Morgan fingerprint density at radius 1 is 0.902 bits per heavy atom. The van der Waals surface area contributed by atoms with E-state index in [9.17, 15) is 0 Å². The molecule has 0 aliphatic heterocycles. The summed E-state index contributed by atoms with van der Waals surface area (Å²) >= 11 is 7.11. The summed E-state index contributed by atoms with van der Waals surface area (Å²) in [7, 11) is -3.13. The molecule has 0 aliphatic carbocycles. The van der Waals surface area contributed by atoms with Crippen molar-refractivity contribution in [1.29, 1.82) is 0 Å². The molecule has 218 valence electrons. The molecule has 1 aromatic heterocycles. The highest BCUT2D eigenvalue weighted by Gasteiger charge is 2.40. The lowest BCUT2D eigenvalue weighted by atomic mass is 9.77. The van der Waals surface area contributed by atoms with Crippen molar-refractivity contribution >= 4 is 36.6 Å². The van der Waals surface area contributed by atoms with Crippen molar-refractivity contribution in [2.45, 2.75) is 50.8 Å². The van der Waals surface area contributed by atoms with Crippen molar-refractivity contribution in [2.75, 3.05) is 6.61 Å². The van der Waals surface area contributed by atoms with Gasteiger partial charge in [0, 0.05) is 0 Å². The van der Waals surface area contributed by atoms with Crippen molar-refractivity contribution in [1.82, 2.24) is 14.8 Å². The third-order valence-corrected chi connectivity index (χ3v) is 8.32. The zero-order valence-corrected chi connectivity index (χ0v) is 26.2. The van der Waals surface area contributed by atoms with Crippen LogP contribution in [0.1, 0.15) is 67.8 Å². The van der Waals surface area contributed by atoms with Crippen LogP contribution >= 0.6 is 32.2 Å². The number of thioether (sulfide) groups is 1. The molecule has 0 amide bonds. The standard InChI is InChI=1S/C31H35N3OS2.H3O3P/c1-4-24(5-2)22-28(37-30(36)35-6-3)29-32-23-34(33-29)31(25-16-10-7-11-17-25,26-18-12-8-13-19-26)27-20-14-9-15-21-27;1-4(2)3/h7-21,23-24,28H,4-6,22H2,1-3H3;4H,(H2,1,2,3). The second-order valence-corrected chi connectivity index (χ2v) is 11.7. The van der Waals surface area contributed by atoms with E-state index in [0.717, 1.165) is 41.8 Å². The monoisotopic (exact) mass is 611 g/mol. The second-order valence-electron chi connectivity index (χ2n) is 9.35. The van der Waals surface area contributed by atoms with Crippen molar-refractivity contribution in [3.8, 4) is 0 Å². The Hall–Kier alpha value is -2.81. The van der Waals surface area contributed by atoms with Gasteiger partial charge in [0.1, 0.15) is 11.9 Å². The first-order valence-corrected chi connectivity index (χ1v) is 16.3. The number of aromatic nitrogens is 3. The van der Waals surface area contributed by atoms with Gasteiger partial charge in [-0.05, 0) is 48.2 Å². The van der Waals surface area contributed by atoms with Crippen molar-refractivity contribution in [2.24, 2.45) is 5.92 Å². The zero-order chi connectivity index (χ0) is 29.7. The van der Waals surface area contributed by atoms with E-state index < -0.39 is 13.8 Å². The Labute approximate surface area is 253 Å². The third-order valence-electron chi connectivity index (χ3n) is 6.92. The summed E-state index contributed by atoms with van der Waals surface area (Å²) in [6, 6.07) is 31.7. The molecular weight excluding hydrogens is 573 g/mol. The van der Waals surface area contributed by atoms with E-state index >= 15 is 0 Å². The summed E-state index contributed by atoms with van der Waals surface area (Å²) in [4.78, 5) is 19.2. The van der Waals surface area contributed by atoms with E-state index in [4.69, 9.17) is 41.4 Å². The van der Waals surface area contributed by atoms with Crippen LogP contribution in [-0.2, 0) is 14.8 Å². The van der Waals surface area contributed by atoms with Gasteiger partial charge < -0.3 is 14.5 Å². The fourth-order valence-corrected chi connectivity index (χ4v) is 6.39. The minimum absolute atomic E-state index is 0.0187. The maximum absolute atomic E-state index is 8.74. The molecule has 41 heavy (non-hydrogen) atoms. The Balaban J connectivity index is 0.00000108.